The Balaban J connectivity index is 1.62. The number of amides is 3. The zero-order valence-corrected chi connectivity index (χ0v) is 15.0. The first-order valence-corrected chi connectivity index (χ1v) is 8.76. The van der Waals surface area contributed by atoms with E-state index in [-0.39, 0.29) is 12.3 Å². The highest BCUT2D eigenvalue weighted by Crippen LogP contribution is 2.30. The highest BCUT2D eigenvalue weighted by molar-refractivity contribution is 6.14. The number of aromatic nitrogens is 1. The quantitative estimate of drug-likeness (QED) is 0.537. The molecule has 138 valence electrons. The molecule has 0 aliphatic carbocycles. The molecule has 7 heteroatoms. The highest BCUT2D eigenvalue weighted by atomic mass is 16.3. The minimum atomic E-state index is -1.31. The Morgan fingerprint density at radius 1 is 1.22 bits per heavy atom. The number of hydrogen-bond donors (Lipinski definition) is 2. The van der Waals surface area contributed by atoms with Gasteiger partial charge in [-0.25, -0.2) is 4.79 Å². The van der Waals surface area contributed by atoms with Gasteiger partial charge in [-0.1, -0.05) is 25.1 Å². The lowest BCUT2D eigenvalue weighted by molar-refractivity contribution is -0.131. The van der Waals surface area contributed by atoms with Crippen LogP contribution in [0.15, 0.2) is 47.2 Å². The Labute approximate surface area is 155 Å². The number of H-pyrrole nitrogens is 1. The fraction of sp³-hybridized carbons (Fsp3) is 0.250. The van der Waals surface area contributed by atoms with Crippen LogP contribution in [0.25, 0.3) is 10.9 Å². The number of imide groups is 1. The molecule has 4 rings (SSSR count). The zero-order valence-electron chi connectivity index (χ0n) is 15.0. The number of para-hydroxylation sites is 1. The lowest BCUT2D eigenvalue weighted by Gasteiger charge is -2.18. The van der Waals surface area contributed by atoms with E-state index >= 15 is 0 Å². The molecule has 2 aromatic heterocycles. The van der Waals surface area contributed by atoms with Crippen LogP contribution in [0.1, 0.15) is 35.5 Å². The lowest BCUT2D eigenvalue weighted by Crippen LogP contribution is -2.41. The summed E-state index contributed by atoms with van der Waals surface area (Å²) in [6.07, 6.45) is 3.90. The molecule has 2 N–H and O–H groups in total. The van der Waals surface area contributed by atoms with E-state index in [0.29, 0.717) is 11.3 Å². The Hall–Kier alpha value is -3.35. The molecule has 1 aliphatic heterocycles. The molecular formula is C20H19N3O4. The van der Waals surface area contributed by atoms with Gasteiger partial charge in [-0.05, 0) is 31.0 Å². The number of urea groups is 1. The third-order valence-corrected chi connectivity index (χ3v) is 5.07. The number of fused-ring (bicyclic) bond motifs is 1. The Kier molecular flexibility index (Phi) is 3.87. The van der Waals surface area contributed by atoms with Gasteiger partial charge < -0.3 is 14.7 Å². The van der Waals surface area contributed by atoms with Crippen LogP contribution in [-0.4, -0.2) is 34.2 Å². The fourth-order valence-electron chi connectivity index (χ4n) is 3.54. The predicted molar refractivity (Wildman–Crippen MR) is 98.3 cm³/mol. The Bertz CT molecular complexity index is 1050. The minimum Gasteiger partial charge on any atom is -0.466 e. The van der Waals surface area contributed by atoms with E-state index < -0.39 is 17.5 Å². The monoisotopic (exact) mass is 365 g/mol. The summed E-state index contributed by atoms with van der Waals surface area (Å²) in [4.78, 5) is 42.1. The maximum absolute atomic E-state index is 12.8. The molecule has 3 amide bonds. The van der Waals surface area contributed by atoms with E-state index in [1.54, 1.807) is 25.3 Å². The van der Waals surface area contributed by atoms with Crippen molar-refractivity contribution in [3.05, 3.63) is 59.7 Å². The molecule has 0 radical (unpaired) electrons. The van der Waals surface area contributed by atoms with Crippen LogP contribution in [0.4, 0.5) is 4.79 Å². The summed E-state index contributed by atoms with van der Waals surface area (Å²) in [6.45, 7) is 3.28. The minimum absolute atomic E-state index is 0.304. The average molecular weight is 365 g/mol. The summed E-state index contributed by atoms with van der Waals surface area (Å²) in [6, 6.07) is 8.41. The van der Waals surface area contributed by atoms with Crippen molar-refractivity contribution in [1.82, 2.24) is 15.2 Å². The number of aryl methyl sites for hydroxylation is 1. The SMILES string of the molecule is CCc1cccc2c(C(=O)CN3C(=O)N[C@@](C)(c4ccco4)C3=O)c[nH]c12. The van der Waals surface area contributed by atoms with Gasteiger partial charge in [0.1, 0.15) is 5.76 Å². The molecule has 0 saturated carbocycles. The van der Waals surface area contributed by atoms with E-state index in [4.69, 9.17) is 4.42 Å². The van der Waals surface area contributed by atoms with Crippen LogP contribution in [-0.2, 0) is 16.8 Å². The van der Waals surface area contributed by atoms with Crippen LogP contribution >= 0.6 is 0 Å². The second kappa shape index (κ2) is 6.12. The van der Waals surface area contributed by atoms with E-state index in [2.05, 4.69) is 10.3 Å². The standard InChI is InChI=1S/C20H19N3O4/c1-3-12-6-4-7-13-14(10-21-17(12)13)15(24)11-23-18(25)20(2,22-19(23)26)16-8-5-9-27-16/h4-10,21H,3,11H2,1-2H3,(H,22,26)/t20-/m0/s1. The van der Waals surface area contributed by atoms with Crippen molar-refractivity contribution in [3.8, 4) is 0 Å². The second-order valence-corrected chi connectivity index (χ2v) is 6.74. The molecule has 3 aromatic rings. The summed E-state index contributed by atoms with van der Waals surface area (Å²) < 4.78 is 5.30. The molecular weight excluding hydrogens is 346 g/mol. The van der Waals surface area contributed by atoms with Gasteiger partial charge in [0.2, 0.25) is 0 Å². The third-order valence-electron chi connectivity index (χ3n) is 5.07. The number of benzene rings is 1. The average Bonchev–Trinajstić information content (AvgIpc) is 3.37. The molecule has 1 aromatic carbocycles. The van der Waals surface area contributed by atoms with Crippen molar-refractivity contribution in [2.45, 2.75) is 25.8 Å². The largest absolute Gasteiger partial charge is 0.466 e. The summed E-state index contributed by atoms with van der Waals surface area (Å²) in [7, 11) is 0. The number of aromatic amines is 1. The first kappa shape index (κ1) is 17.1. The number of furan rings is 1. The molecule has 1 saturated heterocycles. The number of nitrogens with one attached hydrogen (secondary N) is 2. The first-order valence-electron chi connectivity index (χ1n) is 8.76. The van der Waals surface area contributed by atoms with Gasteiger partial charge in [0, 0.05) is 22.7 Å². The van der Waals surface area contributed by atoms with Gasteiger partial charge in [-0.15, -0.1) is 0 Å². The van der Waals surface area contributed by atoms with Gasteiger partial charge in [0.25, 0.3) is 5.91 Å². The van der Waals surface area contributed by atoms with Crippen molar-refractivity contribution < 1.29 is 18.8 Å². The number of carbonyl (C=O) groups excluding carboxylic acids is 3. The van der Waals surface area contributed by atoms with Crippen molar-refractivity contribution in [1.29, 1.82) is 0 Å². The molecule has 7 nitrogen and oxygen atoms in total. The van der Waals surface area contributed by atoms with Gasteiger partial charge in [0.05, 0.1) is 12.8 Å². The molecule has 0 bridgehead atoms. The summed E-state index contributed by atoms with van der Waals surface area (Å²) in [5.74, 6) is -0.484. The van der Waals surface area contributed by atoms with E-state index in [1.165, 1.54) is 6.26 Å². The highest BCUT2D eigenvalue weighted by Gasteiger charge is 2.51. The van der Waals surface area contributed by atoms with Crippen molar-refractivity contribution in [2.24, 2.45) is 0 Å². The van der Waals surface area contributed by atoms with Crippen molar-refractivity contribution in [3.63, 3.8) is 0 Å². The van der Waals surface area contributed by atoms with Crippen LogP contribution in [0.3, 0.4) is 0 Å². The third kappa shape index (κ3) is 2.54. The van der Waals surface area contributed by atoms with Crippen LogP contribution < -0.4 is 5.32 Å². The maximum Gasteiger partial charge on any atom is 0.325 e. The van der Waals surface area contributed by atoms with Crippen LogP contribution in [0.5, 0.6) is 0 Å². The molecule has 0 unspecified atom stereocenters. The molecule has 3 heterocycles. The normalized spacial score (nSPS) is 19.7. The topological polar surface area (TPSA) is 95.4 Å². The molecule has 1 fully saturated rings. The first-order chi connectivity index (χ1) is 13.0. The van der Waals surface area contributed by atoms with Gasteiger partial charge in [0.15, 0.2) is 11.3 Å². The predicted octanol–water partition coefficient (Wildman–Crippen LogP) is 2.97. The molecule has 1 aliphatic rings. The molecule has 27 heavy (non-hydrogen) atoms. The molecule has 1 atom stereocenters. The smallest absolute Gasteiger partial charge is 0.325 e. The van der Waals surface area contributed by atoms with Gasteiger partial charge >= 0.3 is 6.03 Å². The number of hydrogen-bond acceptors (Lipinski definition) is 4. The zero-order chi connectivity index (χ0) is 19.2. The number of rotatable bonds is 5. The lowest BCUT2D eigenvalue weighted by atomic mass is 9.99. The number of carbonyl (C=O) groups is 3. The summed E-state index contributed by atoms with van der Waals surface area (Å²) in [5, 5.41) is 3.41. The summed E-state index contributed by atoms with van der Waals surface area (Å²) in [5.41, 5.74) is 1.16. The Morgan fingerprint density at radius 3 is 2.74 bits per heavy atom. The number of Topliss-reactive ketones (excluding diaryl/α,β-unsaturated/α-hetero) is 1. The number of ketones is 1. The van der Waals surface area contributed by atoms with Crippen molar-refractivity contribution in [2.75, 3.05) is 6.54 Å². The van der Waals surface area contributed by atoms with Crippen molar-refractivity contribution >= 4 is 28.6 Å². The van der Waals surface area contributed by atoms with E-state index in [9.17, 15) is 14.4 Å². The van der Waals surface area contributed by atoms with Crippen LogP contribution in [0.2, 0.25) is 0 Å². The molecule has 0 spiro atoms. The fourth-order valence-corrected chi connectivity index (χ4v) is 3.54. The Morgan fingerprint density at radius 2 is 2.04 bits per heavy atom. The second-order valence-electron chi connectivity index (χ2n) is 6.74. The van der Waals surface area contributed by atoms with Gasteiger partial charge in [-0.2, -0.15) is 0 Å². The van der Waals surface area contributed by atoms with Crippen LogP contribution in [0, 0.1) is 0 Å². The summed E-state index contributed by atoms with van der Waals surface area (Å²) >= 11 is 0. The number of nitrogens with zero attached hydrogens (tertiary/aromatic N) is 1. The van der Waals surface area contributed by atoms with E-state index in [0.717, 1.165) is 27.8 Å². The maximum atomic E-state index is 12.8. The van der Waals surface area contributed by atoms with E-state index in [1.807, 2.05) is 25.1 Å². The van der Waals surface area contributed by atoms with Gasteiger partial charge in [-0.3, -0.25) is 14.5 Å².